The van der Waals surface area contributed by atoms with Gasteiger partial charge in [0.1, 0.15) is 5.75 Å². The number of rotatable bonds is 6. The van der Waals surface area contributed by atoms with E-state index in [9.17, 15) is 13.2 Å². The number of para-hydroxylation sites is 1. The first-order chi connectivity index (χ1) is 10.9. The smallest absolute Gasteiger partial charge is 0.418 e. The van der Waals surface area contributed by atoms with Gasteiger partial charge in [-0.25, -0.2) is 0 Å². The Labute approximate surface area is 133 Å². The van der Waals surface area contributed by atoms with E-state index in [2.05, 4.69) is 5.32 Å². The van der Waals surface area contributed by atoms with Gasteiger partial charge in [0.15, 0.2) is 0 Å². The van der Waals surface area contributed by atoms with E-state index in [0.717, 1.165) is 18.1 Å². The van der Waals surface area contributed by atoms with Crippen molar-refractivity contribution in [1.29, 1.82) is 0 Å². The van der Waals surface area contributed by atoms with Gasteiger partial charge in [0.2, 0.25) is 0 Å². The van der Waals surface area contributed by atoms with Crippen LogP contribution in [0.3, 0.4) is 0 Å². The second kappa shape index (κ2) is 7.26. The molecule has 124 valence electrons. The summed E-state index contributed by atoms with van der Waals surface area (Å²) in [5.41, 5.74) is 6.87. The molecule has 2 aromatic carbocycles. The van der Waals surface area contributed by atoms with E-state index in [4.69, 9.17) is 10.5 Å². The van der Waals surface area contributed by atoms with E-state index < -0.39 is 11.7 Å². The maximum absolute atomic E-state index is 12.9. The molecule has 0 aliphatic carbocycles. The fraction of sp³-hybridized carbons (Fsp3) is 0.294. The van der Waals surface area contributed by atoms with Gasteiger partial charge < -0.3 is 15.8 Å². The minimum absolute atomic E-state index is 0.106. The summed E-state index contributed by atoms with van der Waals surface area (Å²) in [5.74, 6) is 0.617. The van der Waals surface area contributed by atoms with Gasteiger partial charge in [0.05, 0.1) is 18.4 Å². The maximum atomic E-state index is 12.9. The van der Waals surface area contributed by atoms with E-state index in [1.807, 2.05) is 12.1 Å². The summed E-state index contributed by atoms with van der Waals surface area (Å²) >= 11 is 0. The molecule has 0 unspecified atom stereocenters. The molecule has 0 radical (unpaired) electrons. The van der Waals surface area contributed by atoms with Gasteiger partial charge in [0.25, 0.3) is 0 Å². The molecule has 0 fully saturated rings. The molecule has 0 aliphatic rings. The van der Waals surface area contributed by atoms with E-state index >= 15 is 0 Å². The van der Waals surface area contributed by atoms with Crippen LogP contribution < -0.4 is 15.8 Å². The van der Waals surface area contributed by atoms with Crippen molar-refractivity contribution in [2.75, 3.05) is 24.7 Å². The van der Waals surface area contributed by atoms with Gasteiger partial charge in [-0.15, -0.1) is 0 Å². The second-order valence-corrected chi connectivity index (χ2v) is 5.15. The third-order valence-corrected chi connectivity index (χ3v) is 3.48. The third kappa shape index (κ3) is 4.55. The number of alkyl halides is 3. The van der Waals surface area contributed by atoms with Crippen LogP contribution in [0.1, 0.15) is 17.5 Å². The topological polar surface area (TPSA) is 47.3 Å². The van der Waals surface area contributed by atoms with Crippen molar-refractivity contribution < 1.29 is 17.9 Å². The molecule has 0 saturated heterocycles. The van der Waals surface area contributed by atoms with E-state index in [0.29, 0.717) is 24.4 Å². The molecule has 0 bridgehead atoms. The molecule has 3 nitrogen and oxygen atoms in total. The molecule has 0 atom stereocenters. The predicted octanol–water partition coefficient (Wildman–Crippen LogP) is 4.34. The van der Waals surface area contributed by atoms with Crippen LogP contribution in [-0.2, 0) is 12.6 Å². The summed E-state index contributed by atoms with van der Waals surface area (Å²) in [4.78, 5) is 0. The molecule has 0 saturated carbocycles. The Hall–Kier alpha value is -2.37. The normalized spacial score (nSPS) is 11.3. The number of aryl methyl sites for hydroxylation is 1. The van der Waals surface area contributed by atoms with Crippen LogP contribution in [-0.4, -0.2) is 13.7 Å². The molecule has 2 aromatic rings. The number of nitrogens with one attached hydrogen (secondary N) is 1. The summed E-state index contributed by atoms with van der Waals surface area (Å²) in [7, 11) is 1.55. The van der Waals surface area contributed by atoms with E-state index in [1.165, 1.54) is 12.1 Å². The zero-order chi connectivity index (χ0) is 16.9. The summed E-state index contributed by atoms with van der Waals surface area (Å²) in [6, 6.07) is 11.0. The van der Waals surface area contributed by atoms with Gasteiger partial charge in [0, 0.05) is 12.2 Å². The van der Waals surface area contributed by atoms with Gasteiger partial charge in [-0.1, -0.05) is 18.2 Å². The monoisotopic (exact) mass is 324 g/mol. The first kappa shape index (κ1) is 17.0. The van der Waals surface area contributed by atoms with Crippen molar-refractivity contribution in [3.05, 3.63) is 53.6 Å². The number of nitrogen functional groups attached to an aromatic ring is 1. The van der Waals surface area contributed by atoms with Gasteiger partial charge in [-0.2, -0.15) is 13.2 Å². The number of anilines is 2. The second-order valence-electron chi connectivity index (χ2n) is 5.15. The zero-order valence-corrected chi connectivity index (χ0v) is 12.8. The molecular weight excluding hydrogens is 305 g/mol. The fourth-order valence-corrected chi connectivity index (χ4v) is 2.34. The highest BCUT2D eigenvalue weighted by Crippen LogP contribution is 2.34. The Kier molecular flexibility index (Phi) is 5.36. The molecule has 6 heteroatoms. The number of hydrogen-bond donors (Lipinski definition) is 2. The minimum Gasteiger partial charge on any atom is -0.495 e. The van der Waals surface area contributed by atoms with Crippen LogP contribution in [0.5, 0.6) is 5.75 Å². The van der Waals surface area contributed by atoms with Crippen LogP contribution in [0.25, 0.3) is 0 Å². The highest BCUT2D eigenvalue weighted by molar-refractivity contribution is 5.54. The quantitative estimate of drug-likeness (QED) is 0.614. The average molecular weight is 324 g/mol. The first-order valence-corrected chi connectivity index (χ1v) is 7.24. The largest absolute Gasteiger partial charge is 0.495 e. The highest BCUT2D eigenvalue weighted by atomic mass is 19.4. The third-order valence-electron chi connectivity index (χ3n) is 3.48. The van der Waals surface area contributed by atoms with Crippen molar-refractivity contribution in [2.45, 2.75) is 19.0 Å². The molecule has 0 amide bonds. The zero-order valence-electron chi connectivity index (χ0n) is 12.8. The Morgan fingerprint density at radius 1 is 1.13 bits per heavy atom. The van der Waals surface area contributed by atoms with Crippen molar-refractivity contribution in [3.8, 4) is 5.75 Å². The fourth-order valence-electron chi connectivity index (χ4n) is 2.34. The van der Waals surface area contributed by atoms with Crippen LogP contribution in [0.2, 0.25) is 0 Å². The maximum Gasteiger partial charge on any atom is 0.418 e. The highest BCUT2D eigenvalue weighted by Gasteiger charge is 2.32. The standard InChI is InChI=1S/C17H19F3N2O/c1-23-16-9-8-12(11-14(16)21)5-4-10-22-15-7-3-2-6-13(15)17(18,19)20/h2-3,6-9,11,22H,4-5,10,21H2,1H3. The van der Waals surface area contributed by atoms with Crippen molar-refractivity contribution in [3.63, 3.8) is 0 Å². The summed E-state index contributed by atoms with van der Waals surface area (Å²) < 4.78 is 43.7. The Morgan fingerprint density at radius 2 is 1.87 bits per heavy atom. The molecule has 23 heavy (non-hydrogen) atoms. The van der Waals surface area contributed by atoms with Crippen molar-refractivity contribution >= 4 is 11.4 Å². The Morgan fingerprint density at radius 3 is 2.52 bits per heavy atom. The summed E-state index contributed by atoms with van der Waals surface area (Å²) in [6.45, 7) is 0.443. The summed E-state index contributed by atoms with van der Waals surface area (Å²) in [6.07, 6.45) is -2.94. The molecule has 2 rings (SSSR count). The summed E-state index contributed by atoms with van der Waals surface area (Å²) in [5, 5.41) is 2.85. The SMILES string of the molecule is COc1ccc(CCCNc2ccccc2C(F)(F)F)cc1N. The lowest BCUT2D eigenvalue weighted by atomic mass is 10.1. The minimum atomic E-state index is -4.35. The van der Waals surface area contributed by atoms with Gasteiger partial charge >= 0.3 is 6.18 Å². The molecule has 3 N–H and O–H groups in total. The number of ether oxygens (including phenoxy) is 1. The Balaban J connectivity index is 1.90. The predicted molar refractivity (Wildman–Crippen MR) is 85.7 cm³/mol. The van der Waals surface area contributed by atoms with Crippen LogP contribution in [0.4, 0.5) is 24.5 Å². The lowest BCUT2D eigenvalue weighted by molar-refractivity contribution is -0.136. The number of benzene rings is 2. The first-order valence-electron chi connectivity index (χ1n) is 7.24. The van der Waals surface area contributed by atoms with Crippen LogP contribution in [0.15, 0.2) is 42.5 Å². The van der Waals surface area contributed by atoms with Gasteiger partial charge in [-0.3, -0.25) is 0 Å². The average Bonchev–Trinajstić information content (AvgIpc) is 2.51. The number of halogens is 3. The van der Waals surface area contributed by atoms with E-state index in [-0.39, 0.29) is 5.69 Å². The molecule has 0 aromatic heterocycles. The molecule has 0 heterocycles. The van der Waals surface area contributed by atoms with Gasteiger partial charge in [-0.05, 0) is 42.7 Å². The number of methoxy groups -OCH3 is 1. The lowest BCUT2D eigenvalue weighted by Gasteiger charge is -2.14. The molecule has 0 spiro atoms. The van der Waals surface area contributed by atoms with E-state index in [1.54, 1.807) is 19.2 Å². The van der Waals surface area contributed by atoms with Crippen molar-refractivity contribution in [2.24, 2.45) is 0 Å². The molecular formula is C17H19F3N2O. The molecule has 0 aliphatic heterocycles. The van der Waals surface area contributed by atoms with Crippen molar-refractivity contribution in [1.82, 2.24) is 0 Å². The lowest BCUT2D eigenvalue weighted by Crippen LogP contribution is -2.11. The van der Waals surface area contributed by atoms with Crippen LogP contribution >= 0.6 is 0 Å². The Bertz CT molecular complexity index is 657. The number of hydrogen-bond acceptors (Lipinski definition) is 3. The van der Waals surface area contributed by atoms with Crippen LogP contribution in [0, 0.1) is 0 Å². The number of nitrogens with two attached hydrogens (primary N) is 1.